The smallest absolute Gasteiger partial charge is 0.308 e. The highest BCUT2D eigenvalue weighted by molar-refractivity contribution is 5.73. The molecule has 0 amide bonds. The van der Waals surface area contributed by atoms with Crippen molar-refractivity contribution in [2.45, 2.75) is 119 Å². The summed E-state index contributed by atoms with van der Waals surface area (Å²) in [6.45, 7) is 2.88. The Morgan fingerprint density at radius 2 is 1.82 bits per heavy atom. The number of ether oxygens (including phenoxy) is 5. The first-order valence-corrected chi connectivity index (χ1v) is 15.4. The lowest BCUT2D eigenvalue weighted by atomic mass is 9.43. The molecule has 0 bridgehead atoms. The van der Waals surface area contributed by atoms with E-state index in [1.165, 1.54) is 7.11 Å². The second kappa shape index (κ2) is 9.58. The zero-order chi connectivity index (χ0) is 28.1. The van der Waals surface area contributed by atoms with E-state index in [1.54, 1.807) is 0 Å². The van der Waals surface area contributed by atoms with Crippen molar-refractivity contribution >= 4 is 5.97 Å². The minimum Gasteiger partial charge on any atom is -0.462 e. The van der Waals surface area contributed by atoms with Crippen LogP contribution in [0.5, 0.6) is 0 Å². The van der Waals surface area contributed by atoms with Crippen molar-refractivity contribution in [3.63, 3.8) is 0 Å². The Bertz CT molecular complexity index is 1010. The first-order chi connectivity index (χ1) is 19.1. The second-order valence-corrected chi connectivity index (χ2v) is 14.3. The molecule has 4 saturated carbocycles. The Morgan fingerprint density at radius 1 is 1.00 bits per heavy atom. The largest absolute Gasteiger partial charge is 0.462 e. The maximum atomic E-state index is 12.6. The highest BCUT2D eigenvalue weighted by Crippen LogP contribution is 2.73. The van der Waals surface area contributed by atoms with Gasteiger partial charge in [0.2, 0.25) is 0 Å². The Morgan fingerprint density at radius 3 is 2.55 bits per heavy atom. The van der Waals surface area contributed by atoms with E-state index >= 15 is 0 Å². The van der Waals surface area contributed by atoms with Crippen LogP contribution in [0.2, 0.25) is 0 Å². The normalized spacial score (nSPS) is 57.3. The summed E-state index contributed by atoms with van der Waals surface area (Å²) in [6, 6.07) is 0. The third kappa shape index (κ3) is 3.66. The lowest BCUT2D eigenvalue weighted by Gasteiger charge is -2.63. The summed E-state index contributed by atoms with van der Waals surface area (Å²) in [6.07, 6.45) is 3.50. The Kier molecular flexibility index (Phi) is 6.69. The minimum atomic E-state index is -1.15. The Labute approximate surface area is 235 Å². The fourth-order valence-electron chi connectivity index (χ4n) is 11.1. The van der Waals surface area contributed by atoms with Crippen molar-refractivity contribution in [3.8, 4) is 0 Å². The molecule has 0 unspecified atom stereocenters. The predicted molar refractivity (Wildman–Crippen MR) is 139 cm³/mol. The van der Waals surface area contributed by atoms with Gasteiger partial charge in [-0.3, -0.25) is 4.79 Å². The Hall–Kier alpha value is -0.850. The molecule has 0 radical (unpaired) electrons. The van der Waals surface area contributed by atoms with Gasteiger partial charge in [0.05, 0.1) is 31.3 Å². The van der Waals surface area contributed by atoms with Gasteiger partial charge in [-0.2, -0.15) is 0 Å². The SMILES string of the molecule is CO[C@H]1[C@H](O)[C@H](O[C@H]2CC[C@@]3(C)[C@H](CC[C@@H]4[C@@H]3CC[C@]35CO[C@]6(COC(=O)C6)[C@H]3CC[C@]45O)C2)O[C@@H](CO)[C@@H]1O. The fourth-order valence-corrected chi connectivity index (χ4v) is 11.1. The lowest BCUT2D eigenvalue weighted by molar-refractivity contribution is -0.320. The van der Waals surface area contributed by atoms with Crippen LogP contribution in [0.25, 0.3) is 0 Å². The fraction of sp³-hybridized carbons (Fsp3) is 0.967. The van der Waals surface area contributed by atoms with Gasteiger partial charge >= 0.3 is 5.97 Å². The van der Waals surface area contributed by atoms with E-state index in [0.717, 1.165) is 57.8 Å². The van der Waals surface area contributed by atoms with Crippen LogP contribution >= 0.6 is 0 Å². The summed E-state index contributed by atoms with van der Waals surface area (Å²) in [7, 11) is 1.42. The van der Waals surface area contributed by atoms with E-state index in [1.807, 2.05) is 0 Å². The summed E-state index contributed by atoms with van der Waals surface area (Å²) in [4.78, 5) is 12.1. The van der Waals surface area contributed by atoms with Crippen LogP contribution in [0.3, 0.4) is 0 Å². The third-order valence-electron chi connectivity index (χ3n) is 13.1. The molecular formula is C30H46O10. The molecule has 10 nitrogen and oxygen atoms in total. The molecule has 0 aromatic heterocycles. The van der Waals surface area contributed by atoms with Crippen molar-refractivity contribution in [2.24, 2.45) is 34.5 Å². The number of aliphatic hydroxyl groups excluding tert-OH is 3. The molecule has 7 aliphatic rings. The van der Waals surface area contributed by atoms with E-state index in [2.05, 4.69) is 6.92 Å². The molecule has 10 heteroatoms. The van der Waals surface area contributed by atoms with Gasteiger partial charge in [0.1, 0.15) is 36.6 Å². The molecule has 226 valence electrons. The molecule has 0 aromatic carbocycles. The van der Waals surface area contributed by atoms with Gasteiger partial charge in [0.25, 0.3) is 0 Å². The van der Waals surface area contributed by atoms with Crippen LogP contribution in [0.15, 0.2) is 0 Å². The van der Waals surface area contributed by atoms with Gasteiger partial charge < -0.3 is 44.1 Å². The molecule has 14 atom stereocenters. The van der Waals surface area contributed by atoms with Crippen LogP contribution in [0.1, 0.15) is 71.1 Å². The zero-order valence-electron chi connectivity index (χ0n) is 23.7. The van der Waals surface area contributed by atoms with E-state index in [0.29, 0.717) is 31.5 Å². The standard InChI is InChI=1S/C30H46O10/c1-27-8-5-17(39-26-24(34)25(36-2)23(33)20(13-31)40-26)11-16(27)3-4-19-18(27)6-9-28-14-38-29(12-22(32)37-15-29)21(28)7-10-30(19,28)35/h16-21,23-26,31,33-35H,3-15H2,1-2H3/t16-,17+,18+,19-,20+,21+,23+,24+,25-,26-,27+,28+,29-,30+/m1/s1. The maximum absolute atomic E-state index is 12.6. The second-order valence-electron chi connectivity index (χ2n) is 14.3. The van der Waals surface area contributed by atoms with Crippen LogP contribution < -0.4 is 0 Å². The van der Waals surface area contributed by atoms with Crippen molar-refractivity contribution in [1.82, 2.24) is 0 Å². The van der Waals surface area contributed by atoms with Crippen molar-refractivity contribution in [1.29, 1.82) is 0 Å². The van der Waals surface area contributed by atoms with Crippen molar-refractivity contribution in [2.75, 3.05) is 26.9 Å². The number of hydrogen-bond donors (Lipinski definition) is 4. The van der Waals surface area contributed by atoms with Gasteiger partial charge in [-0.1, -0.05) is 6.92 Å². The maximum Gasteiger partial charge on any atom is 0.308 e. The quantitative estimate of drug-likeness (QED) is 0.290. The highest BCUT2D eigenvalue weighted by Gasteiger charge is 2.76. The summed E-state index contributed by atoms with van der Waals surface area (Å²) in [5.74, 6) is 1.07. The Balaban J connectivity index is 1.06. The molecule has 4 N–H and O–H groups in total. The lowest BCUT2D eigenvalue weighted by Crippen LogP contribution is -2.64. The van der Waals surface area contributed by atoms with Crippen LogP contribution in [-0.4, -0.2) is 101 Å². The molecular weight excluding hydrogens is 520 g/mol. The molecule has 3 aliphatic heterocycles. The number of cyclic esters (lactones) is 1. The number of hydrogen-bond acceptors (Lipinski definition) is 10. The number of carbonyl (C=O) groups excluding carboxylic acids is 1. The topological polar surface area (TPSA) is 144 Å². The molecule has 3 heterocycles. The number of carbonyl (C=O) groups is 1. The zero-order valence-corrected chi connectivity index (χ0v) is 23.7. The number of aliphatic hydroxyl groups is 4. The molecule has 2 spiro atoms. The van der Waals surface area contributed by atoms with Crippen molar-refractivity contribution < 1.29 is 48.9 Å². The van der Waals surface area contributed by atoms with Crippen molar-refractivity contribution in [3.05, 3.63) is 0 Å². The van der Waals surface area contributed by atoms with E-state index in [4.69, 9.17) is 23.7 Å². The first kappa shape index (κ1) is 28.0. The summed E-state index contributed by atoms with van der Waals surface area (Å²) < 4.78 is 29.2. The number of esters is 1. The summed E-state index contributed by atoms with van der Waals surface area (Å²) in [5.41, 5.74) is -1.52. The molecule has 40 heavy (non-hydrogen) atoms. The average molecular weight is 567 g/mol. The van der Waals surface area contributed by atoms with E-state index < -0.39 is 41.9 Å². The molecule has 3 saturated heterocycles. The minimum absolute atomic E-state index is 0.0900. The van der Waals surface area contributed by atoms with Gasteiger partial charge in [-0.15, -0.1) is 0 Å². The van der Waals surface area contributed by atoms with Crippen LogP contribution in [0, 0.1) is 34.5 Å². The predicted octanol–water partition coefficient (Wildman–Crippen LogP) is 1.30. The first-order valence-electron chi connectivity index (χ1n) is 15.4. The number of fused-ring (bicyclic) bond motifs is 5. The van der Waals surface area contributed by atoms with Gasteiger partial charge in [-0.05, 0) is 81.0 Å². The molecule has 4 aliphatic carbocycles. The number of methoxy groups -OCH3 is 1. The van der Waals surface area contributed by atoms with Crippen LogP contribution in [0.4, 0.5) is 0 Å². The van der Waals surface area contributed by atoms with Gasteiger partial charge in [0, 0.05) is 18.4 Å². The third-order valence-corrected chi connectivity index (χ3v) is 13.1. The average Bonchev–Trinajstić information content (AvgIpc) is 3.57. The van der Waals surface area contributed by atoms with Gasteiger partial charge in [-0.25, -0.2) is 0 Å². The monoisotopic (exact) mass is 566 g/mol. The number of rotatable bonds is 4. The van der Waals surface area contributed by atoms with Gasteiger partial charge in [0.15, 0.2) is 6.29 Å². The van der Waals surface area contributed by atoms with Crippen LogP contribution in [-0.2, 0) is 28.5 Å². The van der Waals surface area contributed by atoms with E-state index in [-0.39, 0.29) is 41.3 Å². The van der Waals surface area contributed by atoms with E-state index in [9.17, 15) is 25.2 Å². The summed E-state index contributed by atoms with van der Waals surface area (Å²) >= 11 is 0. The highest BCUT2D eigenvalue weighted by atomic mass is 16.7. The molecule has 7 fully saturated rings. The summed E-state index contributed by atoms with van der Waals surface area (Å²) in [5, 5.41) is 43.4. The molecule has 0 aromatic rings. The molecule has 7 rings (SSSR count).